The zero-order chi connectivity index (χ0) is 14.3. The number of hydrogen-bond donors (Lipinski definition) is 2. The molecule has 0 aromatic heterocycles. The van der Waals surface area contributed by atoms with Crippen LogP contribution in [0.1, 0.15) is 24.9 Å². The lowest BCUT2D eigenvalue weighted by Gasteiger charge is -2.18. The standard InChI is InChI=1S/C14H22N2O2S/c1-10(11-4-6-12(18-2)7-5-11)16-14(17)13(15)8-9-19-3/h4-7,10,13H,8-9,15H2,1-3H3,(H,16,17)/t10-,13-/m1/s1. The number of rotatable bonds is 7. The average molecular weight is 282 g/mol. The molecule has 106 valence electrons. The summed E-state index contributed by atoms with van der Waals surface area (Å²) in [6, 6.07) is 7.15. The van der Waals surface area contributed by atoms with E-state index < -0.39 is 6.04 Å². The number of carbonyl (C=O) groups is 1. The molecule has 0 bridgehead atoms. The van der Waals surface area contributed by atoms with Crippen molar-refractivity contribution in [2.45, 2.75) is 25.4 Å². The highest BCUT2D eigenvalue weighted by molar-refractivity contribution is 7.98. The van der Waals surface area contributed by atoms with E-state index in [1.165, 1.54) is 0 Å². The van der Waals surface area contributed by atoms with E-state index in [4.69, 9.17) is 10.5 Å². The molecule has 2 atom stereocenters. The van der Waals surface area contributed by atoms with Gasteiger partial charge >= 0.3 is 0 Å². The topological polar surface area (TPSA) is 64.3 Å². The van der Waals surface area contributed by atoms with Crippen LogP contribution in [-0.2, 0) is 4.79 Å². The lowest BCUT2D eigenvalue weighted by atomic mass is 10.1. The van der Waals surface area contributed by atoms with Crippen molar-refractivity contribution in [3.8, 4) is 5.75 Å². The predicted octanol–water partition coefficient (Wildman–Crippen LogP) is 1.95. The second kappa shape index (κ2) is 8.07. The van der Waals surface area contributed by atoms with Crippen molar-refractivity contribution in [2.75, 3.05) is 19.1 Å². The minimum Gasteiger partial charge on any atom is -0.497 e. The second-order valence-corrected chi connectivity index (χ2v) is 5.38. The molecule has 3 N–H and O–H groups in total. The van der Waals surface area contributed by atoms with Gasteiger partial charge in [0.1, 0.15) is 5.75 Å². The highest BCUT2D eigenvalue weighted by atomic mass is 32.2. The zero-order valence-electron chi connectivity index (χ0n) is 11.7. The van der Waals surface area contributed by atoms with Gasteiger partial charge in [0.25, 0.3) is 0 Å². The maximum atomic E-state index is 11.9. The number of ether oxygens (including phenoxy) is 1. The van der Waals surface area contributed by atoms with Crippen molar-refractivity contribution >= 4 is 17.7 Å². The summed E-state index contributed by atoms with van der Waals surface area (Å²) in [6.07, 6.45) is 2.70. The molecule has 19 heavy (non-hydrogen) atoms. The summed E-state index contributed by atoms with van der Waals surface area (Å²) >= 11 is 1.69. The molecular formula is C14H22N2O2S. The van der Waals surface area contributed by atoms with Crippen LogP contribution in [0.3, 0.4) is 0 Å². The van der Waals surface area contributed by atoms with Gasteiger partial charge in [0, 0.05) is 0 Å². The van der Waals surface area contributed by atoms with Gasteiger partial charge in [-0.15, -0.1) is 0 Å². The molecule has 0 fully saturated rings. The fourth-order valence-corrected chi connectivity index (χ4v) is 2.16. The highest BCUT2D eigenvalue weighted by Crippen LogP contribution is 2.17. The van der Waals surface area contributed by atoms with Crippen molar-refractivity contribution < 1.29 is 9.53 Å². The Morgan fingerprint density at radius 1 is 1.42 bits per heavy atom. The highest BCUT2D eigenvalue weighted by Gasteiger charge is 2.16. The number of carbonyl (C=O) groups excluding carboxylic acids is 1. The smallest absolute Gasteiger partial charge is 0.237 e. The number of nitrogens with one attached hydrogen (secondary N) is 1. The van der Waals surface area contributed by atoms with Crippen LogP contribution in [0.25, 0.3) is 0 Å². The van der Waals surface area contributed by atoms with E-state index in [9.17, 15) is 4.79 Å². The number of thioether (sulfide) groups is 1. The van der Waals surface area contributed by atoms with Gasteiger partial charge in [-0.1, -0.05) is 12.1 Å². The van der Waals surface area contributed by atoms with Crippen molar-refractivity contribution in [3.63, 3.8) is 0 Å². The summed E-state index contributed by atoms with van der Waals surface area (Å²) in [7, 11) is 1.63. The number of benzene rings is 1. The quantitative estimate of drug-likeness (QED) is 0.802. The van der Waals surface area contributed by atoms with Crippen LogP contribution in [0.5, 0.6) is 5.75 Å². The molecule has 5 heteroatoms. The Morgan fingerprint density at radius 3 is 2.58 bits per heavy atom. The van der Waals surface area contributed by atoms with Crippen LogP contribution in [0.15, 0.2) is 24.3 Å². The van der Waals surface area contributed by atoms with Gasteiger partial charge in [-0.05, 0) is 43.0 Å². The molecule has 0 spiro atoms. The van der Waals surface area contributed by atoms with Crippen molar-refractivity contribution in [1.29, 1.82) is 0 Å². The summed E-state index contributed by atoms with van der Waals surface area (Å²) in [6.45, 7) is 1.95. The third-order valence-corrected chi connectivity index (χ3v) is 3.59. The van der Waals surface area contributed by atoms with Gasteiger partial charge < -0.3 is 15.8 Å². The van der Waals surface area contributed by atoms with Gasteiger partial charge in [0.15, 0.2) is 0 Å². The summed E-state index contributed by atoms with van der Waals surface area (Å²) in [5, 5.41) is 2.93. The Kier molecular flexibility index (Phi) is 6.73. The van der Waals surface area contributed by atoms with Gasteiger partial charge in [-0.3, -0.25) is 4.79 Å². The van der Waals surface area contributed by atoms with Crippen LogP contribution in [0.4, 0.5) is 0 Å². The molecule has 0 radical (unpaired) electrons. The maximum Gasteiger partial charge on any atom is 0.237 e. The van der Waals surface area contributed by atoms with Crippen LogP contribution in [0, 0.1) is 0 Å². The van der Waals surface area contributed by atoms with E-state index in [0.29, 0.717) is 6.42 Å². The third kappa shape index (κ3) is 5.12. The Bertz CT molecular complexity index is 395. The van der Waals surface area contributed by atoms with Crippen LogP contribution in [0.2, 0.25) is 0 Å². The first-order valence-corrected chi connectivity index (χ1v) is 7.66. The Balaban J connectivity index is 2.53. The van der Waals surface area contributed by atoms with Gasteiger partial charge in [-0.2, -0.15) is 11.8 Å². The molecule has 0 saturated heterocycles. The largest absolute Gasteiger partial charge is 0.497 e. The zero-order valence-corrected chi connectivity index (χ0v) is 12.5. The second-order valence-electron chi connectivity index (χ2n) is 4.39. The van der Waals surface area contributed by atoms with Crippen LogP contribution in [-0.4, -0.2) is 31.1 Å². The first kappa shape index (κ1) is 15.9. The molecule has 4 nitrogen and oxygen atoms in total. The Labute approximate surface area is 119 Å². The van der Waals surface area contributed by atoms with E-state index in [1.54, 1.807) is 18.9 Å². The minimum atomic E-state index is -0.437. The molecule has 1 amide bonds. The number of nitrogens with two attached hydrogens (primary N) is 1. The van der Waals surface area contributed by atoms with Crippen LogP contribution < -0.4 is 15.8 Å². The third-order valence-electron chi connectivity index (χ3n) is 2.94. The van der Waals surface area contributed by atoms with Crippen molar-refractivity contribution in [1.82, 2.24) is 5.32 Å². The summed E-state index contributed by atoms with van der Waals surface area (Å²) < 4.78 is 5.10. The molecule has 0 unspecified atom stereocenters. The lowest BCUT2D eigenvalue weighted by Crippen LogP contribution is -2.41. The van der Waals surface area contributed by atoms with Gasteiger partial charge in [-0.25, -0.2) is 0 Å². The molecular weight excluding hydrogens is 260 g/mol. The Morgan fingerprint density at radius 2 is 2.05 bits per heavy atom. The molecule has 0 aliphatic carbocycles. The maximum absolute atomic E-state index is 11.9. The molecule has 1 rings (SSSR count). The van der Waals surface area contributed by atoms with Crippen LogP contribution >= 0.6 is 11.8 Å². The van der Waals surface area contributed by atoms with E-state index in [-0.39, 0.29) is 11.9 Å². The monoisotopic (exact) mass is 282 g/mol. The lowest BCUT2D eigenvalue weighted by molar-refractivity contribution is -0.123. The minimum absolute atomic E-state index is 0.0567. The summed E-state index contributed by atoms with van der Waals surface area (Å²) in [4.78, 5) is 11.9. The van der Waals surface area contributed by atoms with Gasteiger partial charge in [0.2, 0.25) is 5.91 Å². The fraction of sp³-hybridized carbons (Fsp3) is 0.500. The first-order chi connectivity index (χ1) is 9.08. The Hall–Kier alpha value is -1.20. The van der Waals surface area contributed by atoms with Crippen molar-refractivity contribution in [2.24, 2.45) is 5.73 Å². The van der Waals surface area contributed by atoms with E-state index in [0.717, 1.165) is 17.1 Å². The average Bonchev–Trinajstić information content (AvgIpc) is 2.44. The van der Waals surface area contributed by atoms with Gasteiger partial charge in [0.05, 0.1) is 19.2 Å². The molecule has 0 aliphatic rings. The molecule has 0 aliphatic heterocycles. The first-order valence-electron chi connectivity index (χ1n) is 6.27. The SMILES string of the molecule is COc1ccc([C@@H](C)NC(=O)[C@H](N)CCSC)cc1. The number of methoxy groups -OCH3 is 1. The van der Waals surface area contributed by atoms with E-state index in [2.05, 4.69) is 5.32 Å². The van der Waals surface area contributed by atoms with E-state index >= 15 is 0 Å². The predicted molar refractivity (Wildman–Crippen MR) is 80.5 cm³/mol. The van der Waals surface area contributed by atoms with Crippen molar-refractivity contribution in [3.05, 3.63) is 29.8 Å². The summed E-state index contributed by atoms with van der Waals surface area (Å²) in [5.41, 5.74) is 6.86. The molecule has 0 heterocycles. The molecule has 1 aromatic rings. The van der Waals surface area contributed by atoms with E-state index in [1.807, 2.05) is 37.4 Å². The molecule has 1 aromatic carbocycles. The normalized spacial score (nSPS) is 13.7. The fourth-order valence-electron chi connectivity index (χ4n) is 1.67. The summed E-state index contributed by atoms with van der Waals surface area (Å²) in [5.74, 6) is 1.60. The molecule has 0 saturated carbocycles. The number of hydrogen-bond acceptors (Lipinski definition) is 4. The number of amides is 1.